The van der Waals surface area contributed by atoms with Crippen LogP contribution in [0.3, 0.4) is 0 Å². The lowest BCUT2D eigenvalue weighted by atomic mass is 9.99. The first-order valence-electron chi connectivity index (χ1n) is 8.07. The molecule has 1 fully saturated rings. The minimum Gasteiger partial charge on any atom is -0.461 e. The first-order chi connectivity index (χ1) is 11.2. The van der Waals surface area contributed by atoms with Gasteiger partial charge in [0.15, 0.2) is 0 Å². The Hall–Kier alpha value is -2.08. The number of ether oxygens (including phenoxy) is 2. The number of likely N-dealkylation sites (tertiary alicyclic amines) is 1. The minimum atomic E-state index is -1.26. The zero-order valence-corrected chi connectivity index (χ0v) is 14.4. The van der Waals surface area contributed by atoms with Crippen molar-refractivity contribution in [2.24, 2.45) is 0 Å². The first-order valence-corrected chi connectivity index (χ1v) is 8.07. The van der Waals surface area contributed by atoms with E-state index < -0.39 is 23.3 Å². The quantitative estimate of drug-likeness (QED) is 0.856. The molecule has 1 unspecified atom stereocenters. The van der Waals surface area contributed by atoms with Gasteiger partial charge in [-0.25, -0.2) is 4.79 Å². The number of amides is 1. The molecule has 0 saturated carbocycles. The van der Waals surface area contributed by atoms with Gasteiger partial charge in [0.1, 0.15) is 12.2 Å². The number of hydrogen-bond acceptors (Lipinski definition) is 5. The highest BCUT2D eigenvalue weighted by atomic mass is 16.6. The molecule has 6 heteroatoms. The largest absolute Gasteiger partial charge is 0.461 e. The van der Waals surface area contributed by atoms with E-state index in [-0.39, 0.29) is 19.6 Å². The summed E-state index contributed by atoms with van der Waals surface area (Å²) in [7, 11) is 0. The molecule has 0 radical (unpaired) electrons. The molecule has 6 nitrogen and oxygen atoms in total. The van der Waals surface area contributed by atoms with Crippen LogP contribution in [0.1, 0.15) is 39.2 Å². The van der Waals surface area contributed by atoms with Gasteiger partial charge < -0.3 is 19.5 Å². The van der Waals surface area contributed by atoms with Gasteiger partial charge in [-0.05, 0) is 32.8 Å². The van der Waals surface area contributed by atoms with Crippen LogP contribution in [-0.2, 0) is 20.9 Å². The molecule has 0 aliphatic carbocycles. The van der Waals surface area contributed by atoms with Crippen molar-refractivity contribution in [3.05, 3.63) is 35.9 Å². The summed E-state index contributed by atoms with van der Waals surface area (Å²) < 4.78 is 10.5. The van der Waals surface area contributed by atoms with E-state index in [1.165, 1.54) is 4.90 Å². The Bertz CT molecular complexity index is 581. The monoisotopic (exact) mass is 335 g/mol. The van der Waals surface area contributed by atoms with Crippen molar-refractivity contribution in [1.29, 1.82) is 0 Å². The molecule has 1 atom stereocenters. The van der Waals surface area contributed by atoms with Gasteiger partial charge in [0, 0.05) is 6.54 Å². The molecule has 1 aliphatic heterocycles. The molecule has 24 heavy (non-hydrogen) atoms. The Morgan fingerprint density at radius 1 is 1.25 bits per heavy atom. The summed E-state index contributed by atoms with van der Waals surface area (Å²) in [4.78, 5) is 25.4. The van der Waals surface area contributed by atoms with Crippen molar-refractivity contribution in [1.82, 2.24) is 4.90 Å². The third-order valence-corrected chi connectivity index (χ3v) is 3.70. The van der Waals surface area contributed by atoms with Crippen LogP contribution >= 0.6 is 0 Å². The van der Waals surface area contributed by atoms with Crippen molar-refractivity contribution in [2.75, 3.05) is 13.1 Å². The van der Waals surface area contributed by atoms with Crippen LogP contribution in [0.4, 0.5) is 4.79 Å². The summed E-state index contributed by atoms with van der Waals surface area (Å²) in [6, 6.07) is 9.35. The molecule has 132 valence electrons. The van der Waals surface area contributed by atoms with E-state index >= 15 is 0 Å². The second-order valence-electron chi connectivity index (χ2n) is 7.20. The van der Waals surface area contributed by atoms with Crippen molar-refractivity contribution in [3.8, 4) is 0 Å². The highest BCUT2D eigenvalue weighted by Crippen LogP contribution is 2.26. The molecule has 1 heterocycles. The van der Waals surface area contributed by atoms with E-state index in [9.17, 15) is 14.7 Å². The maximum Gasteiger partial charge on any atom is 0.410 e. The van der Waals surface area contributed by atoms with Gasteiger partial charge in [-0.2, -0.15) is 0 Å². The summed E-state index contributed by atoms with van der Waals surface area (Å²) in [5, 5.41) is 10.5. The number of nitrogens with zero attached hydrogens (tertiary/aromatic N) is 1. The molecule has 0 aromatic heterocycles. The van der Waals surface area contributed by atoms with Crippen LogP contribution in [0.5, 0.6) is 0 Å². The van der Waals surface area contributed by atoms with Gasteiger partial charge >= 0.3 is 12.1 Å². The summed E-state index contributed by atoms with van der Waals surface area (Å²) >= 11 is 0. The zero-order chi connectivity index (χ0) is 17.8. The number of carbonyl (C=O) groups excluding carboxylic acids is 2. The van der Waals surface area contributed by atoms with Crippen LogP contribution in [0, 0.1) is 0 Å². The minimum absolute atomic E-state index is 0.0718. The summed E-state index contributed by atoms with van der Waals surface area (Å²) in [5.74, 6) is -0.479. The number of carbonyl (C=O) groups is 2. The van der Waals surface area contributed by atoms with Gasteiger partial charge in [-0.1, -0.05) is 30.3 Å². The van der Waals surface area contributed by atoms with E-state index in [1.54, 1.807) is 20.8 Å². The van der Waals surface area contributed by atoms with Crippen LogP contribution in [0.2, 0.25) is 0 Å². The Balaban J connectivity index is 1.82. The average Bonchev–Trinajstić information content (AvgIpc) is 2.87. The van der Waals surface area contributed by atoms with E-state index in [1.807, 2.05) is 30.3 Å². The number of esters is 1. The third kappa shape index (κ3) is 5.53. The van der Waals surface area contributed by atoms with Gasteiger partial charge in [-0.3, -0.25) is 4.79 Å². The summed E-state index contributed by atoms with van der Waals surface area (Å²) in [6.45, 7) is 5.96. The van der Waals surface area contributed by atoms with Gasteiger partial charge in [0.2, 0.25) is 0 Å². The van der Waals surface area contributed by atoms with Crippen molar-refractivity contribution in [2.45, 2.75) is 51.4 Å². The van der Waals surface area contributed by atoms with Crippen LogP contribution < -0.4 is 0 Å². The number of aliphatic hydroxyl groups is 1. The molecule has 1 aliphatic rings. The molecule has 1 N–H and O–H groups in total. The van der Waals surface area contributed by atoms with E-state index in [0.29, 0.717) is 13.0 Å². The SMILES string of the molecule is CC(C)(C)OC(=O)N1CCC(O)(CC(=O)OCc2ccccc2)C1. The second kappa shape index (κ2) is 7.21. The molecular weight excluding hydrogens is 310 g/mol. The molecule has 0 bridgehead atoms. The smallest absolute Gasteiger partial charge is 0.410 e. The lowest BCUT2D eigenvalue weighted by Crippen LogP contribution is -2.40. The van der Waals surface area contributed by atoms with Gasteiger partial charge in [0.05, 0.1) is 18.6 Å². The third-order valence-electron chi connectivity index (χ3n) is 3.70. The summed E-state index contributed by atoms with van der Waals surface area (Å²) in [5.41, 5.74) is -0.962. The lowest BCUT2D eigenvalue weighted by molar-refractivity contribution is -0.150. The normalized spacial score (nSPS) is 20.8. The summed E-state index contributed by atoms with van der Waals surface area (Å²) in [6.07, 6.45) is -0.290. The fourth-order valence-corrected chi connectivity index (χ4v) is 2.54. The topological polar surface area (TPSA) is 76.1 Å². The molecule has 1 saturated heterocycles. The fourth-order valence-electron chi connectivity index (χ4n) is 2.54. The van der Waals surface area contributed by atoms with Crippen LogP contribution in [0.25, 0.3) is 0 Å². The maximum atomic E-state index is 12.0. The maximum absolute atomic E-state index is 12.0. The highest BCUT2D eigenvalue weighted by Gasteiger charge is 2.41. The molecule has 0 spiro atoms. The highest BCUT2D eigenvalue weighted by molar-refractivity contribution is 5.72. The Kier molecular flexibility index (Phi) is 5.49. The Morgan fingerprint density at radius 3 is 2.54 bits per heavy atom. The first kappa shape index (κ1) is 18.3. The lowest BCUT2D eigenvalue weighted by Gasteiger charge is -2.26. The zero-order valence-electron chi connectivity index (χ0n) is 14.4. The van der Waals surface area contributed by atoms with E-state index in [0.717, 1.165) is 5.56 Å². The van der Waals surface area contributed by atoms with Gasteiger partial charge in [-0.15, -0.1) is 0 Å². The van der Waals surface area contributed by atoms with Crippen LogP contribution in [0.15, 0.2) is 30.3 Å². The van der Waals surface area contributed by atoms with Crippen LogP contribution in [-0.4, -0.2) is 46.4 Å². The number of β-amino-alcohol motifs (C(OH)–C–C–N with tert-alkyl or cyclic N) is 1. The molecular formula is C18H25NO5. The molecule has 1 aromatic carbocycles. The molecule has 1 amide bonds. The molecule has 2 rings (SSSR count). The second-order valence-corrected chi connectivity index (χ2v) is 7.20. The molecule has 1 aromatic rings. The Morgan fingerprint density at radius 2 is 1.92 bits per heavy atom. The predicted octanol–water partition coefficient (Wildman–Crippen LogP) is 2.49. The fraction of sp³-hybridized carbons (Fsp3) is 0.556. The van der Waals surface area contributed by atoms with Gasteiger partial charge in [0.25, 0.3) is 0 Å². The number of benzene rings is 1. The van der Waals surface area contributed by atoms with E-state index in [4.69, 9.17) is 9.47 Å². The van der Waals surface area contributed by atoms with E-state index in [2.05, 4.69) is 0 Å². The van der Waals surface area contributed by atoms with Crippen molar-refractivity contribution >= 4 is 12.1 Å². The van der Waals surface area contributed by atoms with Crippen molar-refractivity contribution in [3.63, 3.8) is 0 Å². The predicted molar refractivity (Wildman–Crippen MR) is 88.2 cm³/mol. The number of hydrogen-bond donors (Lipinski definition) is 1. The number of rotatable bonds is 4. The van der Waals surface area contributed by atoms with Crippen molar-refractivity contribution < 1.29 is 24.2 Å². The average molecular weight is 335 g/mol. The Labute approximate surface area is 142 Å². The standard InChI is InChI=1S/C18H25NO5/c1-17(2,3)24-16(21)19-10-9-18(22,13-19)11-15(20)23-12-14-7-5-4-6-8-14/h4-8,22H,9-13H2,1-3H3.